The summed E-state index contributed by atoms with van der Waals surface area (Å²) in [5, 5.41) is 8.27. The zero-order valence-corrected chi connectivity index (χ0v) is 15.9. The zero-order valence-electron chi connectivity index (χ0n) is 15.9. The minimum Gasteiger partial charge on any atom is -0.334 e. The summed E-state index contributed by atoms with van der Waals surface area (Å²) in [4.78, 5) is 37.5. The molecule has 1 aliphatic rings. The summed E-state index contributed by atoms with van der Waals surface area (Å²) >= 11 is 0. The largest absolute Gasteiger partial charge is 0.334 e. The van der Waals surface area contributed by atoms with E-state index in [0.717, 1.165) is 5.56 Å². The lowest BCUT2D eigenvalue weighted by atomic mass is 10.1. The summed E-state index contributed by atoms with van der Waals surface area (Å²) in [7, 11) is 0. The molecule has 0 bridgehead atoms. The van der Waals surface area contributed by atoms with Crippen LogP contribution < -0.4 is 16.0 Å². The van der Waals surface area contributed by atoms with Gasteiger partial charge >= 0.3 is 6.03 Å². The molecule has 0 spiro atoms. The SMILES string of the molecule is CC(=O)Nc1ccc(NC(=O)NC2CC(=O)N(C(C)c3ccccc3)C2)cc1. The number of urea groups is 1. The third-order valence-electron chi connectivity index (χ3n) is 4.71. The summed E-state index contributed by atoms with van der Waals surface area (Å²) in [6, 6.07) is 16.0. The first-order valence-corrected chi connectivity index (χ1v) is 9.22. The average molecular weight is 380 g/mol. The number of likely N-dealkylation sites (tertiary alicyclic amines) is 1. The van der Waals surface area contributed by atoms with Crippen molar-refractivity contribution in [2.45, 2.75) is 32.4 Å². The molecule has 1 saturated heterocycles. The monoisotopic (exact) mass is 380 g/mol. The van der Waals surface area contributed by atoms with Gasteiger partial charge in [0.2, 0.25) is 11.8 Å². The molecule has 7 heteroatoms. The predicted molar refractivity (Wildman–Crippen MR) is 108 cm³/mol. The standard InChI is InChI=1S/C21H24N4O3/c1-14(16-6-4-3-5-7-16)25-13-19(12-20(25)27)24-21(28)23-18-10-8-17(9-11-18)22-15(2)26/h3-11,14,19H,12-13H2,1-2H3,(H,22,26)(H2,23,24,28). The van der Waals surface area contributed by atoms with Crippen molar-refractivity contribution in [3.8, 4) is 0 Å². The highest BCUT2D eigenvalue weighted by Gasteiger charge is 2.33. The molecule has 2 unspecified atom stereocenters. The van der Waals surface area contributed by atoms with Crippen molar-refractivity contribution in [1.82, 2.24) is 10.2 Å². The van der Waals surface area contributed by atoms with Crippen molar-refractivity contribution in [2.24, 2.45) is 0 Å². The molecule has 0 aliphatic carbocycles. The minimum absolute atomic E-state index is 0.0290. The molecule has 4 amide bonds. The van der Waals surface area contributed by atoms with E-state index in [2.05, 4.69) is 16.0 Å². The first-order valence-electron chi connectivity index (χ1n) is 9.22. The smallest absolute Gasteiger partial charge is 0.319 e. The lowest BCUT2D eigenvalue weighted by molar-refractivity contribution is -0.129. The number of amides is 4. The highest BCUT2D eigenvalue weighted by atomic mass is 16.2. The van der Waals surface area contributed by atoms with E-state index in [9.17, 15) is 14.4 Å². The first-order chi connectivity index (χ1) is 13.4. The lowest BCUT2D eigenvalue weighted by Gasteiger charge is -2.25. The predicted octanol–water partition coefficient (Wildman–Crippen LogP) is 3.13. The maximum absolute atomic E-state index is 12.4. The molecule has 7 nitrogen and oxygen atoms in total. The van der Waals surface area contributed by atoms with E-state index in [1.54, 1.807) is 29.2 Å². The van der Waals surface area contributed by atoms with Gasteiger partial charge in [0, 0.05) is 31.3 Å². The molecule has 1 aliphatic heterocycles. The Kier molecular flexibility index (Phi) is 5.93. The average Bonchev–Trinajstić information content (AvgIpc) is 3.03. The van der Waals surface area contributed by atoms with E-state index in [4.69, 9.17) is 0 Å². The fourth-order valence-electron chi connectivity index (χ4n) is 3.31. The molecule has 3 N–H and O–H groups in total. The van der Waals surface area contributed by atoms with E-state index in [1.165, 1.54) is 6.92 Å². The number of hydrogen-bond acceptors (Lipinski definition) is 3. The Morgan fingerprint density at radius 1 is 1.00 bits per heavy atom. The van der Waals surface area contributed by atoms with Crippen LogP contribution in [0.4, 0.5) is 16.2 Å². The number of carbonyl (C=O) groups excluding carboxylic acids is 3. The molecule has 3 rings (SSSR count). The molecule has 0 aromatic heterocycles. The second kappa shape index (κ2) is 8.56. The number of rotatable bonds is 5. The van der Waals surface area contributed by atoms with E-state index in [0.29, 0.717) is 17.9 Å². The Labute approximate surface area is 164 Å². The zero-order chi connectivity index (χ0) is 20.1. The summed E-state index contributed by atoms with van der Waals surface area (Å²) in [6.45, 7) is 3.90. The van der Waals surface area contributed by atoms with Crippen molar-refractivity contribution < 1.29 is 14.4 Å². The van der Waals surface area contributed by atoms with Crippen LogP contribution in [-0.4, -0.2) is 35.3 Å². The van der Waals surface area contributed by atoms with Gasteiger partial charge in [-0.25, -0.2) is 4.79 Å². The Morgan fingerprint density at radius 3 is 2.21 bits per heavy atom. The Balaban J connectivity index is 1.53. The number of nitrogens with zero attached hydrogens (tertiary/aromatic N) is 1. The van der Waals surface area contributed by atoms with Gasteiger partial charge in [-0.1, -0.05) is 30.3 Å². The number of anilines is 2. The quantitative estimate of drug-likeness (QED) is 0.744. The summed E-state index contributed by atoms with van der Waals surface area (Å²) in [5.74, 6) is -0.125. The van der Waals surface area contributed by atoms with Crippen LogP contribution in [0.25, 0.3) is 0 Å². The van der Waals surface area contributed by atoms with E-state index in [1.807, 2.05) is 37.3 Å². The molecule has 2 aromatic rings. The van der Waals surface area contributed by atoms with Crippen LogP contribution in [0.5, 0.6) is 0 Å². The molecule has 146 valence electrons. The summed E-state index contributed by atoms with van der Waals surface area (Å²) in [5.41, 5.74) is 2.33. The van der Waals surface area contributed by atoms with Crippen molar-refractivity contribution in [3.63, 3.8) is 0 Å². The van der Waals surface area contributed by atoms with Gasteiger partial charge in [-0.15, -0.1) is 0 Å². The van der Waals surface area contributed by atoms with Gasteiger partial charge < -0.3 is 20.9 Å². The van der Waals surface area contributed by atoms with Crippen molar-refractivity contribution >= 4 is 29.2 Å². The third kappa shape index (κ3) is 4.88. The van der Waals surface area contributed by atoms with Crippen LogP contribution in [0.15, 0.2) is 54.6 Å². The van der Waals surface area contributed by atoms with Crippen LogP contribution >= 0.6 is 0 Å². The Morgan fingerprint density at radius 2 is 1.61 bits per heavy atom. The van der Waals surface area contributed by atoms with Crippen molar-refractivity contribution in [3.05, 3.63) is 60.2 Å². The molecular formula is C21H24N4O3. The molecule has 2 atom stereocenters. The van der Waals surface area contributed by atoms with E-state index >= 15 is 0 Å². The first kappa shape index (κ1) is 19.4. The van der Waals surface area contributed by atoms with Crippen molar-refractivity contribution in [1.29, 1.82) is 0 Å². The van der Waals surface area contributed by atoms with Gasteiger partial charge in [0.1, 0.15) is 0 Å². The van der Waals surface area contributed by atoms with E-state index < -0.39 is 0 Å². The highest BCUT2D eigenvalue weighted by molar-refractivity contribution is 5.92. The van der Waals surface area contributed by atoms with Crippen LogP contribution in [0, 0.1) is 0 Å². The Hall–Kier alpha value is -3.35. The molecule has 0 saturated carbocycles. The number of benzene rings is 2. The molecule has 2 aromatic carbocycles. The maximum atomic E-state index is 12.4. The van der Waals surface area contributed by atoms with Crippen LogP contribution in [-0.2, 0) is 9.59 Å². The number of nitrogens with one attached hydrogen (secondary N) is 3. The topological polar surface area (TPSA) is 90.5 Å². The van der Waals surface area contributed by atoms with Gasteiger partial charge in [-0.05, 0) is 36.8 Å². The molecule has 1 fully saturated rings. The van der Waals surface area contributed by atoms with Gasteiger partial charge in [0.25, 0.3) is 0 Å². The Bertz CT molecular complexity index is 852. The number of hydrogen-bond donors (Lipinski definition) is 3. The maximum Gasteiger partial charge on any atom is 0.319 e. The molecule has 1 heterocycles. The van der Waals surface area contributed by atoms with Crippen LogP contribution in [0.3, 0.4) is 0 Å². The summed E-state index contributed by atoms with van der Waals surface area (Å²) < 4.78 is 0. The van der Waals surface area contributed by atoms with Crippen molar-refractivity contribution in [2.75, 3.05) is 17.2 Å². The summed E-state index contributed by atoms with van der Waals surface area (Å²) in [6.07, 6.45) is 0.284. The van der Waals surface area contributed by atoms with Crippen LogP contribution in [0.2, 0.25) is 0 Å². The van der Waals surface area contributed by atoms with Gasteiger partial charge in [-0.2, -0.15) is 0 Å². The fourth-order valence-corrected chi connectivity index (χ4v) is 3.31. The molecule has 0 radical (unpaired) electrons. The highest BCUT2D eigenvalue weighted by Crippen LogP contribution is 2.25. The normalized spacial score (nSPS) is 17.1. The lowest BCUT2D eigenvalue weighted by Crippen LogP contribution is -2.40. The van der Waals surface area contributed by atoms with Gasteiger partial charge in [0.05, 0.1) is 12.1 Å². The van der Waals surface area contributed by atoms with Crippen LogP contribution in [0.1, 0.15) is 31.9 Å². The molecular weight excluding hydrogens is 356 g/mol. The second-order valence-electron chi connectivity index (χ2n) is 6.89. The van der Waals surface area contributed by atoms with Gasteiger partial charge in [0.15, 0.2) is 0 Å². The fraction of sp³-hybridized carbons (Fsp3) is 0.286. The minimum atomic E-state index is -0.362. The molecule has 28 heavy (non-hydrogen) atoms. The number of carbonyl (C=O) groups is 3. The van der Waals surface area contributed by atoms with Gasteiger partial charge in [-0.3, -0.25) is 9.59 Å². The van der Waals surface area contributed by atoms with E-state index in [-0.39, 0.29) is 36.3 Å². The second-order valence-corrected chi connectivity index (χ2v) is 6.89. The third-order valence-corrected chi connectivity index (χ3v) is 4.71.